The fraction of sp³-hybridized carbons (Fsp3) is 0.455. The maximum absolute atomic E-state index is 15.0. The monoisotopic (exact) mass is 532 g/mol. The summed E-state index contributed by atoms with van der Waals surface area (Å²) in [6.07, 6.45) is -4.36. The Labute approximate surface area is 207 Å². The number of carbonyl (C=O) groups is 1. The molecule has 14 heteroatoms. The van der Waals surface area contributed by atoms with Gasteiger partial charge in [-0.1, -0.05) is 6.07 Å². The summed E-state index contributed by atoms with van der Waals surface area (Å²) in [5, 5.41) is 6.27. The Morgan fingerprint density at radius 2 is 1.94 bits per heavy atom. The summed E-state index contributed by atoms with van der Waals surface area (Å²) in [6.45, 7) is 4.14. The number of anilines is 1. The predicted octanol–water partition coefficient (Wildman–Crippen LogP) is 5.23. The molecule has 0 saturated carbocycles. The molecule has 2 aromatic heterocycles. The summed E-state index contributed by atoms with van der Waals surface area (Å²) in [4.78, 5) is 21.4. The smallest absolute Gasteiger partial charge is 0.416 e. The zero-order valence-corrected chi connectivity index (χ0v) is 20.2. The quantitative estimate of drug-likeness (QED) is 0.367. The van der Waals surface area contributed by atoms with Crippen molar-refractivity contribution in [2.24, 2.45) is 0 Å². The summed E-state index contributed by atoms with van der Waals surface area (Å²) < 4.78 is 75.7. The van der Waals surface area contributed by atoms with Crippen molar-refractivity contribution >= 4 is 34.5 Å². The van der Waals surface area contributed by atoms with E-state index in [-0.39, 0.29) is 40.8 Å². The fourth-order valence-corrected chi connectivity index (χ4v) is 4.02. The second-order valence-electron chi connectivity index (χ2n) is 9.33. The molecule has 1 N–H and O–H groups in total. The molecule has 36 heavy (non-hydrogen) atoms. The number of ether oxygens (including phenoxy) is 1. The van der Waals surface area contributed by atoms with Gasteiger partial charge >= 0.3 is 12.3 Å². The van der Waals surface area contributed by atoms with E-state index in [0.717, 1.165) is 16.8 Å². The fourth-order valence-electron chi connectivity index (χ4n) is 3.86. The van der Waals surface area contributed by atoms with Crippen molar-refractivity contribution in [1.82, 2.24) is 25.1 Å². The lowest BCUT2D eigenvalue weighted by molar-refractivity contribution is -0.137. The highest BCUT2D eigenvalue weighted by atomic mass is 35.5. The molecule has 8 nitrogen and oxygen atoms in total. The minimum absolute atomic E-state index is 0.0543. The SMILES string of the molecule is CC(C)(C)OC(=O)NC1CCN(c2nc(Cl)nc3c2cnn3-c2cccc(C(F)(F)F)c2)CC1(F)F. The number of hydrogen-bond acceptors (Lipinski definition) is 6. The van der Waals surface area contributed by atoms with Gasteiger partial charge in [-0.05, 0) is 57.0 Å². The summed E-state index contributed by atoms with van der Waals surface area (Å²) in [6, 6.07) is 2.96. The Morgan fingerprint density at radius 3 is 2.58 bits per heavy atom. The first-order chi connectivity index (χ1) is 16.6. The summed E-state index contributed by atoms with van der Waals surface area (Å²) in [5.74, 6) is -3.30. The molecular weight excluding hydrogens is 511 g/mol. The first-order valence-electron chi connectivity index (χ1n) is 10.9. The van der Waals surface area contributed by atoms with Crippen LogP contribution in [-0.4, -0.2) is 56.5 Å². The Kier molecular flexibility index (Phi) is 6.48. The van der Waals surface area contributed by atoms with E-state index in [1.165, 1.54) is 23.2 Å². The number of piperidine rings is 1. The van der Waals surface area contributed by atoms with Gasteiger partial charge in [-0.15, -0.1) is 0 Å². The number of fused-ring (bicyclic) bond motifs is 1. The lowest BCUT2D eigenvalue weighted by Gasteiger charge is -2.39. The molecule has 1 aromatic carbocycles. The first kappa shape index (κ1) is 25.9. The van der Waals surface area contributed by atoms with Crippen LogP contribution in [0.25, 0.3) is 16.7 Å². The summed E-state index contributed by atoms with van der Waals surface area (Å²) >= 11 is 6.06. The second kappa shape index (κ2) is 9.02. The zero-order valence-electron chi connectivity index (χ0n) is 19.4. The Hall–Kier alpha value is -3.22. The number of carbonyl (C=O) groups excluding carboxylic acids is 1. The Morgan fingerprint density at radius 1 is 1.22 bits per heavy atom. The third kappa shape index (κ3) is 5.45. The normalized spacial score (nSPS) is 18.4. The van der Waals surface area contributed by atoms with E-state index < -0.39 is 41.9 Å². The number of alkyl halides is 5. The lowest BCUT2D eigenvalue weighted by atomic mass is 10.0. The van der Waals surface area contributed by atoms with E-state index in [1.807, 2.05) is 0 Å². The van der Waals surface area contributed by atoms with E-state index in [2.05, 4.69) is 20.4 Å². The molecule has 1 atom stereocenters. The molecule has 0 radical (unpaired) electrons. The van der Waals surface area contributed by atoms with Crippen LogP contribution in [0.2, 0.25) is 5.28 Å². The van der Waals surface area contributed by atoms with E-state index in [9.17, 15) is 18.0 Å². The van der Waals surface area contributed by atoms with Crippen LogP contribution in [0, 0.1) is 0 Å². The average Bonchev–Trinajstić information content (AvgIpc) is 3.16. The largest absolute Gasteiger partial charge is 0.444 e. The van der Waals surface area contributed by atoms with Crippen LogP contribution in [0.4, 0.5) is 32.6 Å². The van der Waals surface area contributed by atoms with E-state index >= 15 is 8.78 Å². The van der Waals surface area contributed by atoms with Crippen LogP contribution >= 0.6 is 11.6 Å². The highest BCUT2D eigenvalue weighted by Crippen LogP contribution is 2.35. The maximum Gasteiger partial charge on any atom is 0.416 e. The lowest BCUT2D eigenvalue weighted by Crippen LogP contribution is -2.59. The number of benzene rings is 1. The van der Waals surface area contributed by atoms with Gasteiger partial charge in [-0.2, -0.15) is 28.2 Å². The van der Waals surface area contributed by atoms with Gasteiger partial charge in [0.25, 0.3) is 5.92 Å². The molecular formula is C22H22ClF5N6O2. The molecule has 3 aromatic rings. The van der Waals surface area contributed by atoms with Gasteiger partial charge in [-0.3, -0.25) is 0 Å². The minimum Gasteiger partial charge on any atom is -0.444 e. The van der Waals surface area contributed by atoms with E-state index in [0.29, 0.717) is 0 Å². The van der Waals surface area contributed by atoms with E-state index in [1.54, 1.807) is 20.8 Å². The molecule has 0 spiro atoms. The number of rotatable bonds is 3. The number of halogens is 6. The van der Waals surface area contributed by atoms with Gasteiger partial charge < -0.3 is 15.0 Å². The minimum atomic E-state index is -4.57. The average molecular weight is 533 g/mol. The third-order valence-corrected chi connectivity index (χ3v) is 5.56. The zero-order chi connectivity index (χ0) is 26.5. The van der Waals surface area contributed by atoms with Crippen LogP contribution in [-0.2, 0) is 10.9 Å². The van der Waals surface area contributed by atoms with Crippen molar-refractivity contribution in [2.45, 2.75) is 50.9 Å². The molecule has 0 bridgehead atoms. The van der Waals surface area contributed by atoms with Crippen molar-refractivity contribution in [3.8, 4) is 5.69 Å². The van der Waals surface area contributed by atoms with Crippen molar-refractivity contribution in [3.05, 3.63) is 41.3 Å². The molecule has 0 aliphatic carbocycles. The predicted molar refractivity (Wildman–Crippen MR) is 122 cm³/mol. The number of hydrogen-bond donors (Lipinski definition) is 1. The third-order valence-electron chi connectivity index (χ3n) is 5.39. The number of nitrogens with one attached hydrogen (secondary N) is 1. The van der Waals surface area contributed by atoms with E-state index in [4.69, 9.17) is 16.3 Å². The standard InChI is InChI=1S/C22H22ClF5N6O2/c1-20(2,3)36-19(35)30-15-7-8-33(11-21(15,24)25)16-14-10-29-34(17(14)32-18(23)31-16)13-6-4-5-12(9-13)22(26,27)28/h4-6,9-10,15H,7-8,11H2,1-3H3,(H,30,35). The molecule has 1 aliphatic rings. The van der Waals surface area contributed by atoms with Crippen LogP contribution in [0.15, 0.2) is 30.5 Å². The molecule has 1 saturated heterocycles. The molecule has 1 unspecified atom stereocenters. The maximum atomic E-state index is 15.0. The number of aromatic nitrogens is 4. The van der Waals surface area contributed by atoms with Gasteiger partial charge in [0.15, 0.2) is 5.65 Å². The van der Waals surface area contributed by atoms with Crippen molar-refractivity contribution in [3.63, 3.8) is 0 Å². The highest BCUT2D eigenvalue weighted by molar-refractivity contribution is 6.28. The Bertz CT molecular complexity index is 1290. The van der Waals surface area contributed by atoms with Crippen LogP contribution in [0.1, 0.15) is 32.8 Å². The first-order valence-corrected chi connectivity index (χ1v) is 11.2. The van der Waals surface area contributed by atoms with Gasteiger partial charge in [0, 0.05) is 6.54 Å². The summed E-state index contributed by atoms with van der Waals surface area (Å²) in [5.41, 5.74) is -1.61. The number of nitrogens with zero attached hydrogens (tertiary/aromatic N) is 5. The Balaban J connectivity index is 1.63. The number of amides is 1. The van der Waals surface area contributed by atoms with Crippen molar-refractivity contribution < 1.29 is 31.5 Å². The molecule has 194 valence electrons. The topological polar surface area (TPSA) is 85.2 Å². The van der Waals surface area contributed by atoms with Crippen molar-refractivity contribution in [1.29, 1.82) is 0 Å². The van der Waals surface area contributed by atoms with Gasteiger partial charge in [-0.25, -0.2) is 18.3 Å². The molecule has 3 heterocycles. The molecule has 1 aliphatic heterocycles. The molecule has 1 fully saturated rings. The van der Waals surface area contributed by atoms with Crippen molar-refractivity contribution in [2.75, 3.05) is 18.0 Å². The summed E-state index contributed by atoms with van der Waals surface area (Å²) in [7, 11) is 0. The van der Waals surface area contributed by atoms with Gasteiger partial charge in [0.05, 0.1) is 35.4 Å². The molecule has 1 amide bonds. The van der Waals surface area contributed by atoms with Crippen LogP contribution in [0.3, 0.4) is 0 Å². The molecule has 4 rings (SSSR count). The van der Waals surface area contributed by atoms with Crippen LogP contribution < -0.4 is 10.2 Å². The second-order valence-corrected chi connectivity index (χ2v) is 9.67. The van der Waals surface area contributed by atoms with Gasteiger partial charge in [0.2, 0.25) is 5.28 Å². The van der Waals surface area contributed by atoms with Gasteiger partial charge in [0.1, 0.15) is 11.4 Å². The number of alkyl carbamates (subject to hydrolysis) is 1. The van der Waals surface area contributed by atoms with Crippen LogP contribution in [0.5, 0.6) is 0 Å². The highest BCUT2D eigenvalue weighted by Gasteiger charge is 2.46.